The molecule has 26 heavy (non-hydrogen) atoms. The average molecular weight is 369 g/mol. The highest BCUT2D eigenvalue weighted by molar-refractivity contribution is 7.99. The van der Waals surface area contributed by atoms with Gasteiger partial charge >= 0.3 is 5.97 Å². The molecule has 5 N–H and O–H groups in total. The number of carbonyl (C=O) groups excluding carboxylic acids is 1. The number of nitrogens with two attached hydrogens (primary N) is 1. The maximum absolute atomic E-state index is 11.6. The number of nitrogens with one attached hydrogen (secondary N) is 2. The molecule has 0 radical (unpaired) electrons. The molecule has 7 heteroatoms. The number of hydrogen-bond donors (Lipinski definition) is 4. The molecule has 1 atom stereocenters. The second-order valence-electron chi connectivity index (χ2n) is 5.93. The van der Waals surface area contributed by atoms with Crippen molar-refractivity contribution in [2.24, 2.45) is 5.73 Å². The van der Waals surface area contributed by atoms with Crippen LogP contribution in [0.1, 0.15) is 23.0 Å². The van der Waals surface area contributed by atoms with Crippen LogP contribution in [0.15, 0.2) is 58.3 Å². The Kier molecular flexibility index (Phi) is 5.29. The largest absolute Gasteiger partial charge is 0.477 e. The summed E-state index contributed by atoms with van der Waals surface area (Å²) in [5.41, 5.74) is 7.13. The van der Waals surface area contributed by atoms with Gasteiger partial charge in [-0.1, -0.05) is 36.0 Å². The third-order valence-corrected chi connectivity index (χ3v) is 5.17. The van der Waals surface area contributed by atoms with Crippen LogP contribution in [-0.4, -0.2) is 28.0 Å². The van der Waals surface area contributed by atoms with Crippen molar-refractivity contribution in [3.8, 4) is 0 Å². The van der Waals surface area contributed by atoms with Crippen LogP contribution in [0.3, 0.4) is 0 Å². The van der Waals surface area contributed by atoms with Crippen molar-refractivity contribution in [2.45, 2.75) is 29.3 Å². The van der Waals surface area contributed by atoms with Crippen molar-refractivity contribution in [3.63, 3.8) is 0 Å². The minimum Gasteiger partial charge on any atom is -0.477 e. The predicted molar refractivity (Wildman–Crippen MR) is 101 cm³/mol. The van der Waals surface area contributed by atoms with Crippen LogP contribution in [-0.2, 0) is 11.3 Å². The van der Waals surface area contributed by atoms with Gasteiger partial charge in [-0.25, -0.2) is 4.79 Å². The van der Waals surface area contributed by atoms with E-state index in [4.69, 9.17) is 5.73 Å². The molecule has 0 spiro atoms. The number of aromatic amines is 1. The van der Waals surface area contributed by atoms with Gasteiger partial charge in [0.15, 0.2) is 0 Å². The highest BCUT2D eigenvalue weighted by atomic mass is 32.2. The summed E-state index contributed by atoms with van der Waals surface area (Å²) >= 11 is 1.41. The molecule has 6 nitrogen and oxygen atoms in total. The Morgan fingerprint density at radius 3 is 2.62 bits per heavy atom. The molecule has 3 rings (SSSR count). The SMILES string of the molecule is CC(NCc1ccc2[nH]c(C(=O)O)c(Sc3ccccc3)c2c1)C(N)=O. The quantitative estimate of drug-likeness (QED) is 0.512. The Labute approximate surface area is 154 Å². The van der Waals surface area contributed by atoms with Crippen LogP contribution in [0.4, 0.5) is 0 Å². The summed E-state index contributed by atoms with van der Waals surface area (Å²) < 4.78 is 0. The number of benzene rings is 2. The number of amides is 1. The van der Waals surface area contributed by atoms with E-state index in [0.29, 0.717) is 11.4 Å². The van der Waals surface area contributed by atoms with E-state index < -0.39 is 17.9 Å². The van der Waals surface area contributed by atoms with Crippen molar-refractivity contribution < 1.29 is 14.7 Å². The van der Waals surface area contributed by atoms with E-state index in [-0.39, 0.29) is 5.69 Å². The molecule has 3 aromatic rings. The van der Waals surface area contributed by atoms with Gasteiger partial charge in [0.2, 0.25) is 5.91 Å². The van der Waals surface area contributed by atoms with Gasteiger partial charge in [-0.05, 0) is 36.8 Å². The fourth-order valence-electron chi connectivity index (χ4n) is 2.56. The number of primary amides is 1. The van der Waals surface area contributed by atoms with Gasteiger partial charge in [0.25, 0.3) is 0 Å². The monoisotopic (exact) mass is 369 g/mol. The summed E-state index contributed by atoms with van der Waals surface area (Å²) in [7, 11) is 0. The van der Waals surface area contributed by atoms with Crippen molar-refractivity contribution in [1.29, 1.82) is 0 Å². The van der Waals surface area contributed by atoms with Gasteiger partial charge in [-0.3, -0.25) is 4.79 Å². The van der Waals surface area contributed by atoms with Gasteiger partial charge in [0.1, 0.15) is 5.69 Å². The number of rotatable bonds is 7. The highest BCUT2D eigenvalue weighted by Gasteiger charge is 2.18. The number of carboxylic acid groups (broad SMARTS) is 1. The zero-order chi connectivity index (χ0) is 18.7. The lowest BCUT2D eigenvalue weighted by atomic mass is 10.1. The summed E-state index contributed by atoms with van der Waals surface area (Å²) in [6, 6.07) is 14.9. The summed E-state index contributed by atoms with van der Waals surface area (Å²) in [4.78, 5) is 27.4. The Morgan fingerprint density at radius 2 is 1.96 bits per heavy atom. The number of fused-ring (bicyclic) bond motifs is 1. The molecule has 0 saturated heterocycles. The Balaban J connectivity index is 1.97. The second-order valence-corrected chi connectivity index (χ2v) is 7.02. The van der Waals surface area contributed by atoms with E-state index in [1.165, 1.54) is 11.8 Å². The lowest BCUT2D eigenvalue weighted by Crippen LogP contribution is -2.38. The smallest absolute Gasteiger partial charge is 0.353 e. The van der Waals surface area contributed by atoms with E-state index in [0.717, 1.165) is 21.4 Å². The molecular weight excluding hydrogens is 350 g/mol. The van der Waals surface area contributed by atoms with Crippen molar-refractivity contribution in [1.82, 2.24) is 10.3 Å². The average Bonchev–Trinajstić information content (AvgIpc) is 2.98. The molecule has 0 saturated carbocycles. The first kappa shape index (κ1) is 18.0. The molecule has 1 aromatic heterocycles. The molecule has 0 fully saturated rings. The zero-order valence-electron chi connectivity index (χ0n) is 14.2. The van der Waals surface area contributed by atoms with E-state index in [1.807, 2.05) is 48.5 Å². The first-order valence-corrected chi connectivity index (χ1v) is 8.91. The van der Waals surface area contributed by atoms with Gasteiger partial charge < -0.3 is 21.1 Å². The molecule has 0 aliphatic carbocycles. The Morgan fingerprint density at radius 1 is 1.23 bits per heavy atom. The molecular formula is C19H19N3O3S. The van der Waals surface area contributed by atoms with Crippen molar-refractivity contribution >= 4 is 34.5 Å². The molecule has 1 unspecified atom stereocenters. The van der Waals surface area contributed by atoms with Gasteiger partial charge in [0, 0.05) is 22.3 Å². The number of aromatic carboxylic acids is 1. The van der Waals surface area contributed by atoms with Crippen LogP contribution in [0.2, 0.25) is 0 Å². The van der Waals surface area contributed by atoms with Crippen LogP contribution in [0.25, 0.3) is 10.9 Å². The normalized spacial score (nSPS) is 12.2. The first-order valence-electron chi connectivity index (χ1n) is 8.09. The molecule has 0 bridgehead atoms. The Bertz CT molecular complexity index is 953. The second kappa shape index (κ2) is 7.63. The number of hydrogen-bond acceptors (Lipinski definition) is 4. The van der Waals surface area contributed by atoms with Crippen LogP contribution in [0, 0.1) is 0 Å². The lowest BCUT2D eigenvalue weighted by molar-refractivity contribution is -0.119. The third kappa shape index (κ3) is 3.89. The van der Waals surface area contributed by atoms with E-state index in [2.05, 4.69) is 10.3 Å². The fourth-order valence-corrected chi connectivity index (χ4v) is 3.61. The maximum Gasteiger partial charge on any atom is 0.353 e. The minimum absolute atomic E-state index is 0.171. The van der Waals surface area contributed by atoms with Gasteiger partial charge in [-0.15, -0.1) is 0 Å². The van der Waals surface area contributed by atoms with E-state index >= 15 is 0 Å². The summed E-state index contributed by atoms with van der Waals surface area (Å²) in [5, 5.41) is 13.4. The lowest BCUT2D eigenvalue weighted by Gasteiger charge is -2.10. The predicted octanol–water partition coefficient (Wildman–Crippen LogP) is 2.98. The molecule has 134 valence electrons. The fraction of sp³-hybridized carbons (Fsp3) is 0.158. The summed E-state index contributed by atoms with van der Waals surface area (Å²) in [6.45, 7) is 2.17. The number of H-pyrrole nitrogens is 1. The molecule has 1 amide bonds. The molecule has 0 aliphatic rings. The highest BCUT2D eigenvalue weighted by Crippen LogP contribution is 2.37. The van der Waals surface area contributed by atoms with E-state index in [1.54, 1.807) is 6.92 Å². The number of carbonyl (C=O) groups is 2. The van der Waals surface area contributed by atoms with Crippen molar-refractivity contribution in [2.75, 3.05) is 0 Å². The standard InChI is InChI=1S/C19H19N3O3S/c1-11(18(20)23)21-10-12-7-8-15-14(9-12)17(16(22-15)19(24)25)26-13-5-3-2-4-6-13/h2-9,11,21-22H,10H2,1H3,(H2,20,23)(H,24,25). The van der Waals surface area contributed by atoms with Gasteiger partial charge in [0.05, 0.1) is 10.9 Å². The maximum atomic E-state index is 11.6. The Hall–Kier alpha value is -2.77. The van der Waals surface area contributed by atoms with Crippen LogP contribution in [0.5, 0.6) is 0 Å². The van der Waals surface area contributed by atoms with Gasteiger partial charge in [-0.2, -0.15) is 0 Å². The topological polar surface area (TPSA) is 108 Å². The van der Waals surface area contributed by atoms with Crippen LogP contribution < -0.4 is 11.1 Å². The summed E-state index contributed by atoms with van der Waals surface area (Å²) in [5.74, 6) is -1.41. The first-order chi connectivity index (χ1) is 12.5. The molecule has 2 aromatic carbocycles. The molecule has 0 aliphatic heterocycles. The van der Waals surface area contributed by atoms with Crippen molar-refractivity contribution in [3.05, 3.63) is 59.8 Å². The minimum atomic E-state index is -0.998. The van der Waals surface area contributed by atoms with E-state index in [9.17, 15) is 14.7 Å². The zero-order valence-corrected chi connectivity index (χ0v) is 15.0. The number of carboxylic acids is 1. The third-order valence-electron chi connectivity index (χ3n) is 4.03. The summed E-state index contributed by atoms with van der Waals surface area (Å²) in [6.07, 6.45) is 0. The molecule has 1 heterocycles. The van der Waals surface area contributed by atoms with Crippen LogP contribution >= 0.6 is 11.8 Å². The number of aromatic nitrogens is 1.